The van der Waals surface area contributed by atoms with E-state index in [2.05, 4.69) is 10.6 Å². The molecule has 15 heavy (non-hydrogen) atoms. The Labute approximate surface area is 93.8 Å². The van der Waals surface area contributed by atoms with E-state index < -0.39 is 0 Å². The molecule has 0 fully saturated rings. The summed E-state index contributed by atoms with van der Waals surface area (Å²) >= 11 is 5.87. The molecule has 0 aliphatic carbocycles. The number of likely N-dealkylation sites (N-methyl/N-ethyl adjacent to an activating group) is 1. The highest BCUT2D eigenvalue weighted by Crippen LogP contribution is 2.26. The smallest absolute Gasteiger partial charge is 0.239 e. The number of carbonyl (C=O) groups is 1. The topological polar surface area (TPSA) is 67.2 Å². The Hall–Kier alpha value is -1.42. The van der Waals surface area contributed by atoms with Gasteiger partial charge in [0.05, 0.1) is 17.3 Å². The number of nitrogens with one attached hydrogen (secondary N) is 2. The second-order valence-electron chi connectivity index (χ2n) is 3.22. The van der Waals surface area contributed by atoms with Crippen LogP contribution in [0.15, 0.2) is 12.1 Å². The third-order valence-corrected chi connectivity index (χ3v) is 2.39. The van der Waals surface area contributed by atoms with Gasteiger partial charge in [0.1, 0.15) is 0 Å². The fourth-order valence-corrected chi connectivity index (χ4v) is 1.32. The SMILES string of the molecule is CNC(=O)CNc1cc(Cl)c(N)cc1C. The fourth-order valence-electron chi connectivity index (χ4n) is 1.16. The monoisotopic (exact) mass is 227 g/mol. The van der Waals surface area contributed by atoms with Crippen molar-refractivity contribution in [3.8, 4) is 0 Å². The summed E-state index contributed by atoms with van der Waals surface area (Å²) in [5.74, 6) is -0.0812. The molecule has 0 heterocycles. The molecule has 0 radical (unpaired) electrons. The fraction of sp³-hybridized carbons (Fsp3) is 0.300. The third kappa shape index (κ3) is 3.02. The Morgan fingerprint density at radius 3 is 2.80 bits per heavy atom. The van der Waals surface area contributed by atoms with Gasteiger partial charge in [-0.3, -0.25) is 4.79 Å². The van der Waals surface area contributed by atoms with Crippen LogP contribution in [0, 0.1) is 6.92 Å². The molecular weight excluding hydrogens is 214 g/mol. The molecule has 1 aromatic carbocycles. The number of rotatable bonds is 3. The Morgan fingerprint density at radius 1 is 1.53 bits per heavy atom. The first-order chi connectivity index (χ1) is 7.04. The van der Waals surface area contributed by atoms with Crippen molar-refractivity contribution in [3.05, 3.63) is 22.7 Å². The minimum absolute atomic E-state index is 0.0812. The predicted molar refractivity (Wildman–Crippen MR) is 63.2 cm³/mol. The first-order valence-electron chi connectivity index (χ1n) is 4.54. The molecule has 0 aromatic heterocycles. The van der Waals surface area contributed by atoms with Gasteiger partial charge in [0.25, 0.3) is 0 Å². The van der Waals surface area contributed by atoms with Gasteiger partial charge in [0.15, 0.2) is 0 Å². The molecule has 0 atom stereocenters. The minimum Gasteiger partial charge on any atom is -0.398 e. The van der Waals surface area contributed by atoms with Gasteiger partial charge in [0.2, 0.25) is 5.91 Å². The number of hydrogen-bond donors (Lipinski definition) is 3. The van der Waals surface area contributed by atoms with Crippen LogP contribution in [-0.2, 0) is 4.79 Å². The van der Waals surface area contributed by atoms with Crippen molar-refractivity contribution in [1.29, 1.82) is 0 Å². The molecule has 1 aromatic rings. The molecule has 4 nitrogen and oxygen atoms in total. The number of nitrogens with two attached hydrogens (primary N) is 1. The van der Waals surface area contributed by atoms with Gasteiger partial charge in [-0.05, 0) is 24.6 Å². The molecule has 0 saturated carbocycles. The molecule has 1 amide bonds. The van der Waals surface area contributed by atoms with Crippen molar-refractivity contribution < 1.29 is 4.79 Å². The number of carbonyl (C=O) groups excluding carboxylic acids is 1. The van der Waals surface area contributed by atoms with E-state index in [-0.39, 0.29) is 12.5 Å². The highest BCUT2D eigenvalue weighted by Gasteiger charge is 2.04. The van der Waals surface area contributed by atoms with Crippen LogP contribution in [0.1, 0.15) is 5.56 Å². The van der Waals surface area contributed by atoms with Crippen LogP contribution in [0.25, 0.3) is 0 Å². The number of amides is 1. The third-order valence-electron chi connectivity index (χ3n) is 2.06. The molecule has 1 rings (SSSR count). The molecule has 0 spiro atoms. The first kappa shape index (κ1) is 11.7. The Kier molecular flexibility index (Phi) is 3.80. The first-order valence-corrected chi connectivity index (χ1v) is 4.92. The number of nitrogen functional groups attached to an aromatic ring is 1. The number of aryl methyl sites for hydroxylation is 1. The van der Waals surface area contributed by atoms with Crippen LogP contribution in [-0.4, -0.2) is 19.5 Å². The lowest BCUT2D eigenvalue weighted by Gasteiger charge is -2.10. The standard InChI is InChI=1S/C10H14ClN3O/c1-6-3-8(12)7(11)4-9(6)14-5-10(15)13-2/h3-4,14H,5,12H2,1-2H3,(H,13,15). The maximum atomic E-state index is 11.0. The number of benzene rings is 1. The van der Waals surface area contributed by atoms with Crippen molar-refractivity contribution in [2.45, 2.75) is 6.92 Å². The van der Waals surface area contributed by atoms with Crippen LogP contribution in [0.5, 0.6) is 0 Å². The van der Waals surface area contributed by atoms with Crippen LogP contribution in [0.2, 0.25) is 5.02 Å². The van der Waals surface area contributed by atoms with Crippen molar-refractivity contribution in [2.24, 2.45) is 0 Å². The van der Waals surface area contributed by atoms with Crippen LogP contribution >= 0.6 is 11.6 Å². The second-order valence-corrected chi connectivity index (χ2v) is 3.62. The molecule has 4 N–H and O–H groups in total. The van der Waals surface area contributed by atoms with E-state index in [0.29, 0.717) is 10.7 Å². The van der Waals surface area contributed by atoms with Gasteiger partial charge in [-0.2, -0.15) is 0 Å². The van der Waals surface area contributed by atoms with E-state index in [9.17, 15) is 4.79 Å². The number of hydrogen-bond acceptors (Lipinski definition) is 3. The molecule has 0 saturated heterocycles. The van der Waals surface area contributed by atoms with Gasteiger partial charge in [-0.15, -0.1) is 0 Å². The lowest BCUT2D eigenvalue weighted by molar-refractivity contribution is -0.118. The van der Waals surface area contributed by atoms with Crippen LogP contribution < -0.4 is 16.4 Å². The highest BCUT2D eigenvalue weighted by atomic mass is 35.5. The average molecular weight is 228 g/mol. The van der Waals surface area contributed by atoms with Crippen molar-refractivity contribution in [3.63, 3.8) is 0 Å². The highest BCUT2D eigenvalue weighted by molar-refractivity contribution is 6.33. The Balaban J connectivity index is 2.77. The van der Waals surface area contributed by atoms with Crippen LogP contribution in [0.4, 0.5) is 11.4 Å². The summed E-state index contributed by atoms with van der Waals surface area (Å²) in [5.41, 5.74) is 7.95. The molecule has 0 aliphatic rings. The summed E-state index contributed by atoms with van der Waals surface area (Å²) in [6.07, 6.45) is 0. The van der Waals surface area contributed by atoms with E-state index >= 15 is 0 Å². The van der Waals surface area contributed by atoms with Crippen molar-refractivity contribution in [2.75, 3.05) is 24.6 Å². The Bertz CT molecular complexity index is 379. The zero-order valence-corrected chi connectivity index (χ0v) is 9.48. The lowest BCUT2D eigenvalue weighted by Crippen LogP contribution is -2.26. The van der Waals surface area contributed by atoms with Gasteiger partial charge in [0, 0.05) is 12.7 Å². The normalized spacial score (nSPS) is 9.80. The maximum Gasteiger partial charge on any atom is 0.239 e. The Morgan fingerprint density at radius 2 is 2.20 bits per heavy atom. The van der Waals surface area contributed by atoms with Gasteiger partial charge in [-0.1, -0.05) is 11.6 Å². The average Bonchev–Trinajstić information content (AvgIpc) is 2.21. The molecule has 5 heteroatoms. The maximum absolute atomic E-state index is 11.0. The zero-order valence-electron chi connectivity index (χ0n) is 8.73. The lowest BCUT2D eigenvalue weighted by atomic mass is 10.2. The molecule has 0 unspecified atom stereocenters. The summed E-state index contributed by atoms with van der Waals surface area (Å²) in [4.78, 5) is 11.0. The predicted octanol–water partition coefficient (Wildman–Crippen LogP) is 1.39. The molecule has 82 valence electrons. The number of halogens is 1. The van der Waals surface area contributed by atoms with Gasteiger partial charge >= 0.3 is 0 Å². The van der Waals surface area contributed by atoms with Crippen molar-refractivity contribution >= 4 is 28.9 Å². The van der Waals surface area contributed by atoms with E-state index in [0.717, 1.165) is 11.3 Å². The largest absolute Gasteiger partial charge is 0.398 e. The van der Waals surface area contributed by atoms with Crippen molar-refractivity contribution in [1.82, 2.24) is 5.32 Å². The molecule has 0 aliphatic heterocycles. The minimum atomic E-state index is -0.0812. The summed E-state index contributed by atoms with van der Waals surface area (Å²) in [6.45, 7) is 2.12. The summed E-state index contributed by atoms with van der Waals surface area (Å²) < 4.78 is 0. The molecule has 0 bridgehead atoms. The van der Waals surface area contributed by atoms with E-state index in [1.807, 2.05) is 6.92 Å². The van der Waals surface area contributed by atoms with E-state index in [1.165, 1.54) is 0 Å². The second kappa shape index (κ2) is 4.89. The van der Waals surface area contributed by atoms with Gasteiger partial charge < -0.3 is 16.4 Å². The summed E-state index contributed by atoms with van der Waals surface area (Å²) in [6, 6.07) is 3.49. The summed E-state index contributed by atoms with van der Waals surface area (Å²) in [7, 11) is 1.59. The van der Waals surface area contributed by atoms with E-state index in [1.54, 1.807) is 19.2 Å². The van der Waals surface area contributed by atoms with Gasteiger partial charge in [-0.25, -0.2) is 0 Å². The quantitative estimate of drug-likeness (QED) is 0.684. The summed E-state index contributed by atoms with van der Waals surface area (Å²) in [5, 5.41) is 5.99. The molecular formula is C10H14ClN3O. The number of anilines is 2. The zero-order chi connectivity index (χ0) is 11.4. The van der Waals surface area contributed by atoms with E-state index in [4.69, 9.17) is 17.3 Å². The van der Waals surface area contributed by atoms with Crippen LogP contribution in [0.3, 0.4) is 0 Å².